The van der Waals surface area contributed by atoms with Crippen LogP contribution in [0, 0.1) is 3.57 Å². The van der Waals surface area contributed by atoms with Gasteiger partial charge in [-0.25, -0.2) is 4.99 Å². The summed E-state index contributed by atoms with van der Waals surface area (Å²) in [6, 6.07) is 19.6. The van der Waals surface area contributed by atoms with E-state index in [4.69, 9.17) is 14.5 Å². The second-order valence-electron chi connectivity index (χ2n) is 8.94. The van der Waals surface area contributed by atoms with Gasteiger partial charge in [-0.3, -0.25) is 9.36 Å². The predicted octanol–water partition coefficient (Wildman–Crippen LogP) is 4.65. The van der Waals surface area contributed by atoms with Crippen LogP contribution in [0.25, 0.3) is 11.8 Å². The lowest BCUT2D eigenvalue weighted by atomic mass is 9.83. The smallest absolute Gasteiger partial charge is 0.271 e. The maximum atomic E-state index is 13.9. The number of allylic oxidation sites excluding steroid dienone is 1. The highest BCUT2D eigenvalue weighted by atomic mass is 127. The average molecular weight is 622 g/mol. The fraction of sp³-hybridized carbons (Fsp3) is 0.172. The number of benzene rings is 3. The van der Waals surface area contributed by atoms with Crippen molar-refractivity contribution < 1.29 is 14.6 Å². The number of hydrogen-bond acceptors (Lipinski definition) is 6. The number of fused-ring (bicyclic) bond motifs is 3. The standard InChI is InChI=1S/C29H23IN2O4S/c1-35-19-8-5-7-18(15-19)26-21-11-10-17-6-3-4-9-20(17)25(21)31-29-32(26)28(34)24(37-29)14-16-12-22(30)27(33)23(13-16)36-2/h3-9,12-15,26,33H,10-11H2,1-2H3/b24-14+/t26-/m0/s1. The van der Waals surface area contributed by atoms with Crippen LogP contribution in [0.3, 0.4) is 0 Å². The first kappa shape index (κ1) is 24.0. The minimum absolute atomic E-state index is 0.0890. The van der Waals surface area contributed by atoms with Gasteiger partial charge in [0.1, 0.15) is 5.75 Å². The molecule has 1 aromatic heterocycles. The van der Waals surface area contributed by atoms with Gasteiger partial charge in [0.2, 0.25) is 0 Å². The molecule has 1 N–H and O–H groups in total. The predicted molar refractivity (Wildman–Crippen MR) is 153 cm³/mol. The van der Waals surface area contributed by atoms with E-state index >= 15 is 0 Å². The molecule has 0 fully saturated rings. The molecule has 1 atom stereocenters. The van der Waals surface area contributed by atoms with E-state index in [1.165, 1.54) is 24.0 Å². The molecule has 4 aromatic rings. The van der Waals surface area contributed by atoms with E-state index in [1.54, 1.807) is 13.2 Å². The van der Waals surface area contributed by atoms with E-state index in [0.29, 0.717) is 18.7 Å². The van der Waals surface area contributed by atoms with Gasteiger partial charge >= 0.3 is 0 Å². The Morgan fingerprint density at radius 1 is 1.08 bits per heavy atom. The number of ether oxygens (including phenoxy) is 2. The molecule has 37 heavy (non-hydrogen) atoms. The quantitative estimate of drug-likeness (QED) is 0.337. The second kappa shape index (κ2) is 9.50. The number of aryl methyl sites for hydroxylation is 1. The van der Waals surface area contributed by atoms with Crippen LogP contribution in [0.2, 0.25) is 0 Å². The van der Waals surface area contributed by atoms with Gasteiger partial charge in [-0.15, -0.1) is 0 Å². The van der Waals surface area contributed by atoms with Crippen LogP contribution in [0.4, 0.5) is 0 Å². The lowest BCUT2D eigenvalue weighted by Crippen LogP contribution is -2.38. The normalized spacial score (nSPS) is 16.5. The topological polar surface area (TPSA) is 73.1 Å². The Hall–Kier alpha value is -3.37. The zero-order chi connectivity index (χ0) is 25.7. The van der Waals surface area contributed by atoms with E-state index in [1.807, 2.05) is 47.0 Å². The lowest BCUT2D eigenvalue weighted by molar-refractivity contribution is 0.371. The van der Waals surface area contributed by atoms with Crippen LogP contribution in [-0.2, 0) is 6.42 Å². The van der Waals surface area contributed by atoms with Gasteiger partial charge in [0, 0.05) is 5.56 Å². The number of aromatic nitrogens is 1. The van der Waals surface area contributed by atoms with E-state index in [-0.39, 0.29) is 17.4 Å². The molecule has 186 valence electrons. The van der Waals surface area contributed by atoms with Crippen molar-refractivity contribution in [2.45, 2.75) is 18.9 Å². The first-order chi connectivity index (χ1) is 18.0. The molecule has 6 rings (SSSR count). The molecule has 0 saturated heterocycles. The number of phenolic OH excluding ortho intramolecular Hbond substituents is 1. The Kier molecular flexibility index (Phi) is 6.16. The third kappa shape index (κ3) is 4.08. The van der Waals surface area contributed by atoms with Crippen molar-refractivity contribution in [2.75, 3.05) is 14.2 Å². The Morgan fingerprint density at radius 3 is 2.73 bits per heavy atom. The molecule has 2 aliphatic rings. The second-order valence-corrected chi connectivity index (χ2v) is 11.1. The zero-order valence-electron chi connectivity index (χ0n) is 20.2. The van der Waals surface area contributed by atoms with Crippen LogP contribution in [-0.4, -0.2) is 23.9 Å². The number of nitrogens with zero attached hydrogens (tertiary/aromatic N) is 2. The fourth-order valence-corrected chi connectivity index (χ4v) is 6.74. The minimum Gasteiger partial charge on any atom is -0.504 e. The van der Waals surface area contributed by atoms with Crippen molar-refractivity contribution in [2.24, 2.45) is 4.99 Å². The summed E-state index contributed by atoms with van der Waals surface area (Å²) in [5.41, 5.74) is 6.19. The van der Waals surface area contributed by atoms with Gasteiger partial charge in [-0.2, -0.15) is 0 Å². The number of thiazole rings is 1. The molecule has 0 spiro atoms. The number of rotatable bonds is 4. The summed E-state index contributed by atoms with van der Waals surface area (Å²) in [6.07, 6.45) is 3.57. The van der Waals surface area contributed by atoms with E-state index < -0.39 is 0 Å². The number of aromatic hydroxyl groups is 1. The number of hydrogen-bond donors (Lipinski definition) is 1. The van der Waals surface area contributed by atoms with Crippen molar-refractivity contribution in [3.8, 4) is 17.2 Å². The zero-order valence-corrected chi connectivity index (χ0v) is 23.2. The average Bonchev–Trinajstić information content (AvgIpc) is 3.23. The van der Waals surface area contributed by atoms with Crippen LogP contribution in [0.15, 0.2) is 76.0 Å². The number of phenols is 1. The minimum atomic E-state index is -0.272. The third-order valence-electron chi connectivity index (χ3n) is 6.85. The SMILES string of the molecule is COc1cccc([C@H]2C3=C(N=c4s/c(=C/c5cc(I)c(O)c(OC)c5)c(=O)n42)c2ccccc2CC3)c1. The summed E-state index contributed by atoms with van der Waals surface area (Å²) in [4.78, 5) is 19.7. The first-order valence-electron chi connectivity index (χ1n) is 11.8. The van der Waals surface area contributed by atoms with Crippen LogP contribution >= 0.6 is 33.9 Å². The Balaban J connectivity index is 1.61. The molecule has 0 saturated carbocycles. The molecular formula is C29H23IN2O4S. The van der Waals surface area contributed by atoms with E-state index in [9.17, 15) is 9.90 Å². The van der Waals surface area contributed by atoms with Crippen molar-refractivity contribution in [1.29, 1.82) is 0 Å². The lowest BCUT2D eigenvalue weighted by Gasteiger charge is -2.31. The number of halogens is 1. The summed E-state index contributed by atoms with van der Waals surface area (Å²) in [5.74, 6) is 1.21. The largest absolute Gasteiger partial charge is 0.504 e. The molecule has 0 unspecified atom stereocenters. The van der Waals surface area contributed by atoms with Crippen LogP contribution in [0.5, 0.6) is 17.2 Å². The molecule has 0 radical (unpaired) electrons. The Bertz CT molecular complexity index is 1770. The van der Waals surface area contributed by atoms with Crippen LogP contribution in [0.1, 0.15) is 34.7 Å². The Labute approximate surface area is 231 Å². The molecule has 3 aromatic carbocycles. The van der Waals surface area contributed by atoms with E-state index in [2.05, 4.69) is 40.8 Å². The van der Waals surface area contributed by atoms with Crippen molar-refractivity contribution in [1.82, 2.24) is 4.57 Å². The number of methoxy groups -OCH3 is 2. The molecule has 1 aliphatic carbocycles. The van der Waals surface area contributed by atoms with E-state index in [0.717, 1.165) is 46.6 Å². The molecule has 2 heterocycles. The summed E-state index contributed by atoms with van der Waals surface area (Å²) >= 11 is 3.44. The highest BCUT2D eigenvalue weighted by molar-refractivity contribution is 14.1. The third-order valence-corrected chi connectivity index (χ3v) is 8.66. The Morgan fingerprint density at radius 2 is 1.92 bits per heavy atom. The van der Waals surface area contributed by atoms with Gasteiger partial charge in [0.05, 0.1) is 34.1 Å². The highest BCUT2D eigenvalue weighted by Gasteiger charge is 2.32. The van der Waals surface area contributed by atoms with Crippen molar-refractivity contribution in [3.05, 3.63) is 112 Å². The molecule has 8 heteroatoms. The molecule has 0 bridgehead atoms. The van der Waals surface area contributed by atoms with Crippen molar-refractivity contribution in [3.63, 3.8) is 0 Å². The van der Waals surface area contributed by atoms with Gasteiger partial charge in [0.15, 0.2) is 16.3 Å². The monoisotopic (exact) mass is 622 g/mol. The van der Waals surface area contributed by atoms with Gasteiger partial charge in [0.25, 0.3) is 5.56 Å². The molecule has 1 aliphatic heterocycles. The van der Waals surface area contributed by atoms with Gasteiger partial charge < -0.3 is 14.6 Å². The van der Waals surface area contributed by atoms with Crippen molar-refractivity contribution >= 4 is 45.7 Å². The van der Waals surface area contributed by atoms with Crippen LogP contribution < -0.4 is 24.4 Å². The summed E-state index contributed by atoms with van der Waals surface area (Å²) in [5, 5.41) is 10.2. The summed E-state index contributed by atoms with van der Waals surface area (Å²) in [7, 11) is 3.17. The molecule has 0 amide bonds. The van der Waals surface area contributed by atoms with Gasteiger partial charge in [-0.05, 0) is 88.0 Å². The highest BCUT2D eigenvalue weighted by Crippen LogP contribution is 2.41. The summed E-state index contributed by atoms with van der Waals surface area (Å²) < 4.78 is 13.9. The molecular weight excluding hydrogens is 599 g/mol. The summed E-state index contributed by atoms with van der Waals surface area (Å²) in [6.45, 7) is 0. The maximum Gasteiger partial charge on any atom is 0.271 e. The fourth-order valence-electron chi connectivity index (χ4n) is 5.12. The van der Waals surface area contributed by atoms with Gasteiger partial charge in [-0.1, -0.05) is 47.7 Å². The maximum absolute atomic E-state index is 13.9. The molecule has 6 nitrogen and oxygen atoms in total. The first-order valence-corrected chi connectivity index (χ1v) is 13.7.